The van der Waals surface area contributed by atoms with Crippen LogP contribution in [0.2, 0.25) is 0 Å². The Bertz CT molecular complexity index is 3840. The minimum absolute atomic E-state index is 0.164. The number of hydrogen-bond acceptors (Lipinski definition) is 0. The summed E-state index contributed by atoms with van der Waals surface area (Å²) >= 11 is 0. The van der Waals surface area contributed by atoms with Crippen LogP contribution in [0.15, 0.2) is 206 Å². The first-order valence-electron chi connectivity index (χ1n) is 21.5. The smallest absolute Gasteiger partial charge is 0.309 e. The highest BCUT2D eigenvalue weighted by molar-refractivity contribution is 6.21. The molecule has 10 aromatic carbocycles. The van der Waals surface area contributed by atoms with Gasteiger partial charge in [0.25, 0.3) is 0 Å². The summed E-state index contributed by atoms with van der Waals surface area (Å²) < 4.78 is 89.2. The monoisotopic (exact) mass is 872 g/mol. The zero-order chi connectivity index (χ0) is 44.9. The number of aromatic nitrogens is 2. The number of alkyl halides is 6. The fourth-order valence-electron chi connectivity index (χ4n) is 10.1. The Balaban J connectivity index is 0.998. The summed E-state index contributed by atoms with van der Waals surface area (Å²) in [6, 6.07) is 64.3. The molecule has 12 rings (SSSR count). The standard InChI is InChI=1S/C58H34F6N2/c59-57(60,61)39-26-31-53-48(34-39)47-33-38(25-30-52(47)66(53)54-21-11-9-19-49(54)58(62,63)64)37-24-29-51-46(32-37)41-14-8-10-20-50(41)65(51)40-27-22-36(23-28-40)56-44-17-6-4-15-42(44)55(35-12-2-1-3-13-35)43-16-5-7-18-45(43)56/h1-34H. The van der Waals surface area contributed by atoms with Gasteiger partial charge >= 0.3 is 12.4 Å². The zero-order valence-electron chi connectivity index (χ0n) is 34.8. The molecule has 0 amide bonds. The molecule has 0 aliphatic heterocycles. The molecule has 0 saturated heterocycles. The summed E-state index contributed by atoms with van der Waals surface area (Å²) in [7, 11) is 0. The van der Waals surface area contributed by atoms with Gasteiger partial charge < -0.3 is 9.13 Å². The van der Waals surface area contributed by atoms with E-state index in [1.807, 2.05) is 30.3 Å². The first-order chi connectivity index (χ1) is 32.0. The first kappa shape index (κ1) is 39.5. The van der Waals surface area contributed by atoms with Gasteiger partial charge in [0.1, 0.15) is 0 Å². The summed E-state index contributed by atoms with van der Waals surface area (Å²) in [5.41, 5.74) is 7.76. The lowest BCUT2D eigenvalue weighted by Crippen LogP contribution is -2.10. The lowest BCUT2D eigenvalue weighted by atomic mass is 9.86. The molecule has 0 radical (unpaired) electrons. The van der Waals surface area contributed by atoms with Crippen molar-refractivity contribution >= 4 is 65.2 Å². The summed E-state index contributed by atoms with van der Waals surface area (Å²) in [4.78, 5) is 0. The Hall–Kier alpha value is -8.10. The van der Waals surface area contributed by atoms with Crippen LogP contribution in [0.3, 0.4) is 0 Å². The van der Waals surface area contributed by atoms with Gasteiger partial charge in [0, 0.05) is 27.2 Å². The molecule has 0 bridgehead atoms. The number of halogens is 6. The van der Waals surface area contributed by atoms with Crippen LogP contribution in [0.1, 0.15) is 11.1 Å². The Morgan fingerprint density at radius 1 is 0.288 bits per heavy atom. The van der Waals surface area contributed by atoms with Crippen molar-refractivity contribution in [1.29, 1.82) is 0 Å². The third-order valence-corrected chi connectivity index (χ3v) is 13.0. The quantitative estimate of drug-likeness (QED) is 0.120. The number of fused-ring (bicyclic) bond motifs is 8. The number of benzene rings is 10. The van der Waals surface area contributed by atoms with E-state index in [-0.39, 0.29) is 16.6 Å². The van der Waals surface area contributed by atoms with Gasteiger partial charge in [0.2, 0.25) is 0 Å². The van der Waals surface area contributed by atoms with Crippen molar-refractivity contribution in [1.82, 2.24) is 9.13 Å². The van der Waals surface area contributed by atoms with Crippen molar-refractivity contribution < 1.29 is 26.3 Å². The van der Waals surface area contributed by atoms with Crippen LogP contribution < -0.4 is 0 Å². The fraction of sp³-hybridized carbons (Fsp3) is 0.0345. The number of hydrogen-bond donors (Lipinski definition) is 0. The Morgan fingerprint density at radius 3 is 1.29 bits per heavy atom. The van der Waals surface area contributed by atoms with Gasteiger partial charge in [-0.25, -0.2) is 0 Å². The minimum atomic E-state index is -4.69. The summed E-state index contributed by atoms with van der Waals surface area (Å²) in [6.45, 7) is 0. The van der Waals surface area contributed by atoms with Gasteiger partial charge in [0.15, 0.2) is 0 Å². The molecule has 12 aromatic rings. The molecule has 0 unspecified atom stereocenters. The minimum Gasteiger partial charge on any atom is -0.309 e. The van der Waals surface area contributed by atoms with Gasteiger partial charge in [-0.1, -0.05) is 133 Å². The van der Waals surface area contributed by atoms with Crippen molar-refractivity contribution in [2.75, 3.05) is 0 Å². The van der Waals surface area contributed by atoms with E-state index >= 15 is 0 Å². The molecule has 0 saturated carbocycles. The highest BCUT2D eigenvalue weighted by Crippen LogP contribution is 2.46. The second kappa shape index (κ2) is 14.7. The summed E-state index contributed by atoms with van der Waals surface area (Å²) in [5, 5.41) is 7.30. The van der Waals surface area contributed by atoms with Gasteiger partial charge in [-0.2, -0.15) is 26.3 Å². The highest BCUT2D eigenvalue weighted by atomic mass is 19.4. The third-order valence-electron chi connectivity index (χ3n) is 13.0. The van der Waals surface area contributed by atoms with Crippen LogP contribution in [-0.2, 0) is 12.4 Å². The maximum absolute atomic E-state index is 14.4. The van der Waals surface area contributed by atoms with E-state index in [4.69, 9.17) is 0 Å². The van der Waals surface area contributed by atoms with E-state index in [9.17, 15) is 26.3 Å². The van der Waals surface area contributed by atoms with E-state index in [0.29, 0.717) is 16.5 Å². The van der Waals surface area contributed by atoms with Crippen molar-refractivity contribution in [3.05, 3.63) is 217 Å². The van der Waals surface area contributed by atoms with E-state index < -0.39 is 23.5 Å². The SMILES string of the molecule is FC(F)(F)c1ccc2c(c1)c1cc(-c3ccc4c(c3)c3ccccc3n4-c3ccc(-c4c5ccccc5c(-c5ccccc5)c5ccccc45)cc3)ccc1n2-c1ccccc1C(F)(F)F. The van der Waals surface area contributed by atoms with E-state index in [2.05, 4.69) is 126 Å². The second-order valence-electron chi connectivity index (χ2n) is 16.7. The van der Waals surface area contributed by atoms with E-state index in [1.165, 1.54) is 67.1 Å². The van der Waals surface area contributed by atoms with Crippen LogP contribution >= 0.6 is 0 Å². The largest absolute Gasteiger partial charge is 0.418 e. The molecule has 2 nitrogen and oxygen atoms in total. The maximum Gasteiger partial charge on any atom is 0.418 e. The Kier molecular flexibility index (Phi) is 8.81. The van der Waals surface area contributed by atoms with E-state index in [1.54, 1.807) is 12.1 Å². The molecule has 0 spiro atoms. The van der Waals surface area contributed by atoms with Gasteiger partial charge in [-0.05, 0) is 128 Å². The van der Waals surface area contributed by atoms with E-state index in [0.717, 1.165) is 56.8 Å². The van der Waals surface area contributed by atoms with Gasteiger partial charge in [-0.15, -0.1) is 0 Å². The van der Waals surface area contributed by atoms with Crippen LogP contribution in [0, 0.1) is 0 Å². The first-order valence-corrected chi connectivity index (χ1v) is 21.5. The molecule has 8 heteroatoms. The van der Waals surface area contributed by atoms with Crippen molar-refractivity contribution in [2.45, 2.75) is 12.4 Å². The molecule has 0 aliphatic carbocycles. The average molecular weight is 873 g/mol. The number of nitrogens with zero attached hydrogens (tertiary/aromatic N) is 2. The lowest BCUT2D eigenvalue weighted by molar-refractivity contribution is -0.138. The van der Waals surface area contributed by atoms with Crippen molar-refractivity contribution in [3.8, 4) is 44.8 Å². The average Bonchev–Trinajstić information content (AvgIpc) is 3.85. The molecule has 0 N–H and O–H groups in total. The molecule has 0 fully saturated rings. The third kappa shape index (κ3) is 6.20. The van der Waals surface area contributed by atoms with Crippen LogP contribution in [0.4, 0.5) is 26.3 Å². The normalized spacial score (nSPS) is 12.4. The Labute approximate surface area is 373 Å². The van der Waals surface area contributed by atoms with Crippen LogP contribution in [-0.4, -0.2) is 9.13 Å². The molecule has 2 heterocycles. The van der Waals surface area contributed by atoms with Crippen molar-refractivity contribution in [3.63, 3.8) is 0 Å². The zero-order valence-corrected chi connectivity index (χ0v) is 34.8. The number of rotatable bonds is 5. The molecule has 318 valence electrons. The molecule has 0 atom stereocenters. The van der Waals surface area contributed by atoms with Crippen LogP contribution in [0.25, 0.3) is 110 Å². The molecular formula is C58H34F6N2. The lowest BCUT2D eigenvalue weighted by Gasteiger charge is -2.18. The predicted molar refractivity (Wildman–Crippen MR) is 256 cm³/mol. The summed E-state index contributed by atoms with van der Waals surface area (Å²) in [5.74, 6) is 0. The maximum atomic E-state index is 14.4. The summed E-state index contributed by atoms with van der Waals surface area (Å²) in [6.07, 6.45) is -9.35. The highest BCUT2D eigenvalue weighted by Gasteiger charge is 2.35. The van der Waals surface area contributed by atoms with Crippen LogP contribution in [0.5, 0.6) is 0 Å². The van der Waals surface area contributed by atoms with Gasteiger partial charge in [0.05, 0.1) is 38.9 Å². The van der Waals surface area contributed by atoms with Crippen molar-refractivity contribution in [2.24, 2.45) is 0 Å². The second-order valence-corrected chi connectivity index (χ2v) is 16.7. The van der Waals surface area contributed by atoms with Gasteiger partial charge in [-0.3, -0.25) is 0 Å². The predicted octanol–water partition coefficient (Wildman–Crippen LogP) is 17.2. The fourth-order valence-corrected chi connectivity index (χ4v) is 10.1. The topological polar surface area (TPSA) is 9.86 Å². The molecule has 2 aromatic heterocycles. The Morgan fingerprint density at radius 2 is 0.712 bits per heavy atom. The molecule has 66 heavy (non-hydrogen) atoms. The molecular weight excluding hydrogens is 839 g/mol. The molecule has 0 aliphatic rings. The number of para-hydroxylation sites is 2.